The van der Waals surface area contributed by atoms with E-state index in [1.807, 2.05) is 13.0 Å². The van der Waals surface area contributed by atoms with Crippen molar-refractivity contribution in [1.82, 2.24) is 5.32 Å². The third-order valence-electron chi connectivity index (χ3n) is 4.00. The Morgan fingerprint density at radius 2 is 1.86 bits per heavy atom. The zero-order valence-electron chi connectivity index (χ0n) is 13.0. The number of benzene rings is 1. The van der Waals surface area contributed by atoms with Gasteiger partial charge >= 0.3 is 5.97 Å². The molecule has 4 heteroatoms. The lowest BCUT2D eigenvalue weighted by Gasteiger charge is -2.31. The fourth-order valence-corrected chi connectivity index (χ4v) is 2.87. The molecule has 1 aromatic rings. The lowest BCUT2D eigenvalue weighted by Crippen LogP contribution is -2.41. The summed E-state index contributed by atoms with van der Waals surface area (Å²) in [5.41, 5.74) is 2.83. The van der Waals surface area contributed by atoms with E-state index in [1.54, 1.807) is 0 Å². The Bertz CT molecular complexity index is 553. The van der Waals surface area contributed by atoms with Crippen molar-refractivity contribution in [3.63, 3.8) is 0 Å². The Morgan fingerprint density at radius 3 is 2.48 bits per heavy atom. The van der Waals surface area contributed by atoms with Gasteiger partial charge in [0.25, 0.3) is 0 Å². The highest BCUT2D eigenvalue weighted by Crippen LogP contribution is 2.30. The van der Waals surface area contributed by atoms with Crippen molar-refractivity contribution >= 4 is 11.9 Å². The van der Waals surface area contributed by atoms with Crippen LogP contribution in [0, 0.1) is 0 Å². The average Bonchev–Trinajstić information content (AvgIpc) is 2.44. The van der Waals surface area contributed by atoms with Crippen molar-refractivity contribution in [3.8, 4) is 0 Å². The molecule has 1 amide bonds. The molecule has 1 atom stereocenters. The van der Waals surface area contributed by atoms with Crippen LogP contribution in [0.15, 0.2) is 18.2 Å². The van der Waals surface area contributed by atoms with Crippen LogP contribution in [0.5, 0.6) is 0 Å². The van der Waals surface area contributed by atoms with Gasteiger partial charge in [-0.25, -0.2) is 0 Å². The summed E-state index contributed by atoms with van der Waals surface area (Å²) < 4.78 is 5.51. The normalized spacial score (nSPS) is 16.5. The molecule has 1 aliphatic rings. The van der Waals surface area contributed by atoms with E-state index in [1.165, 1.54) is 37.8 Å². The maximum atomic E-state index is 11.4. The topological polar surface area (TPSA) is 55.4 Å². The number of esters is 1. The molecular weight excluding hydrogens is 266 g/mol. The van der Waals surface area contributed by atoms with Crippen LogP contribution in [-0.4, -0.2) is 18.4 Å². The Hall–Kier alpha value is -1.84. The summed E-state index contributed by atoms with van der Waals surface area (Å²) in [7, 11) is 0. The van der Waals surface area contributed by atoms with E-state index in [2.05, 4.69) is 17.4 Å². The molecule has 0 heterocycles. The first-order valence-corrected chi connectivity index (χ1v) is 7.47. The van der Waals surface area contributed by atoms with Gasteiger partial charge in [-0.2, -0.15) is 0 Å². The summed E-state index contributed by atoms with van der Waals surface area (Å²) in [6.45, 7) is 4.97. The summed E-state index contributed by atoms with van der Waals surface area (Å²) in [6.07, 6.45) is 4.62. The van der Waals surface area contributed by atoms with Gasteiger partial charge in [0.1, 0.15) is 0 Å². The molecule has 0 radical (unpaired) electrons. The summed E-state index contributed by atoms with van der Waals surface area (Å²) in [5, 5.41) is 2.75. The zero-order valence-corrected chi connectivity index (χ0v) is 13.0. The fraction of sp³-hybridized carbons (Fsp3) is 0.529. The summed E-state index contributed by atoms with van der Waals surface area (Å²) >= 11 is 0. The van der Waals surface area contributed by atoms with Crippen LogP contribution in [0.25, 0.3) is 0 Å². The Balaban J connectivity index is 2.31. The highest BCUT2D eigenvalue weighted by molar-refractivity contribution is 5.73. The lowest BCUT2D eigenvalue weighted by atomic mass is 9.86. The molecule has 0 spiro atoms. The van der Waals surface area contributed by atoms with Gasteiger partial charge < -0.3 is 10.1 Å². The van der Waals surface area contributed by atoms with Crippen LogP contribution in [0.2, 0.25) is 0 Å². The molecule has 1 aliphatic carbocycles. The van der Waals surface area contributed by atoms with Crippen molar-refractivity contribution in [2.45, 2.75) is 52.1 Å². The van der Waals surface area contributed by atoms with Crippen LogP contribution < -0.4 is 5.32 Å². The summed E-state index contributed by atoms with van der Waals surface area (Å²) in [5.74, 6) is -0.480. The Kier molecular flexibility index (Phi) is 4.66. The van der Waals surface area contributed by atoms with Crippen molar-refractivity contribution in [2.75, 3.05) is 6.54 Å². The predicted molar refractivity (Wildman–Crippen MR) is 80.9 cm³/mol. The molecule has 0 saturated heterocycles. The van der Waals surface area contributed by atoms with Crippen LogP contribution in [0.3, 0.4) is 0 Å². The molecule has 0 bridgehead atoms. The molecule has 1 N–H and O–H groups in total. The third-order valence-corrected chi connectivity index (χ3v) is 4.00. The van der Waals surface area contributed by atoms with Gasteiger partial charge in [0.2, 0.25) is 5.91 Å². The molecule has 0 saturated carbocycles. The van der Waals surface area contributed by atoms with E-state index in [0.29, 0.717) is 0 Å². The van der Waals surface area contributed by atoms with E-state index < -0.39 is 5.60 Å². The number of nitrogens with one attached hydrogen (secondary N) is 1. The molecule has 1 aromatic carbocycles. The fourth-order valence-electron chi connectivity index (χ4n) is 2.87. The minimum absolute atomic E-state index is 0.133. The molecule has 21 heavy (non-hydrogen) atoms. The predicted octanol–water partition coefficient (Wildman–Crippen LogP) is 2.48. The van der Waals surface area contributed by atoms with Gasteiger partial charge in [-0.3, -0.25) is 9.59 Å². The number of ether oxygens (including phenoxy) is 1. The SMILES string of the molecule is CC(=O)NC[C@](C)(OC(C)=O)c1ccc2c(c1)CCCC2. The second kappa shape index (κ2) is 6.29. The Morgan fingerprint density at radius 1 is 1.19 bits per heavy atom. The average molecular weight is 289 g/mol. The number of fused-ring (bicyclic) bond motifs is 1. The van der Waals surface area contributed by atoms with Crippen molar-refractivity contribution in [3.05, 3.63) is 34.9 Å². The molecule has 0 fully saturated rings. The van der Waals surface area contributed by atoms with Crippen LogP contribution in [-0.2, 0) is 32.8 Å². The maximum absolute atomic E-state index is 11.4. The molecule has 114 valence electrons. The number of rotatable bonds is 4. The van der Waals surface area contributed by atoms with Gasteiger partial charge in [0.05, 0.1) is 6.54 Å². The van der Waals surface area contributed by atoms with E-state index in [-0.39, 0.29) is 18.4 Å². The minimum Gasteiger partial charge on any atom is -0.453 e. The van der Waals surface area contributed by atoms with Gasteiger partial charge in [0, 0.05) is 13.8 Å². The molecule has 0 aliphatic heterocycles. The van der Waals surface area contributed by atoms with Crippen molar-refractivity contribution < 1.29 is 14.3 Å². The zero-order chi connectivity index (χ0) is 15.5. The molecule has 0 aromatic heterocycles. The highest BCUT2D eigenvalue weighted by atomic mass is 16.6. The first kappa shape index (κ1) is 15.5. The number of carbonyl (C=O) groups excluding carboxylic acids is 2. The van der Waals surface area contributed by atoms with E-state index >= 15 is 0 Å². The van der Waals surface area contributed by atoms with Gasteiger partial charge in [-0.1, -0.05) is 18.2 Å². The summed E-state index contributed by atoms with van der Waals surface area (Å²) in [4.78, 5) is 22.6. The standard InChI is InChI=1S/C17H23NO3/c1-12(19)18-11-17(3,21-13(2)20)16-9-8-14-6-4-5-7-15(14)10-16/h8-10H,4-7,11H2,1-3H3,(H,18,19)/t17-/m0/s1. The first-order valence-electron chi connectivity index (χ1n) is 7.47. The smallest absolute Gasteiger partial charge is 0.303 e. The maximum Gasteiger partial charge on any atom is 0.303 e. The summed E-state index contributed by atoms with van der Waals surface area (Å²) in [6, 6.07) is 6.26. The monoisotopic (exact) mass is 289 g/mol. The number of aryl methyl sites for hydroxylation is 2. The quantitative estimate of drug-likeness (QED) is 0.866. The number of carbonyl (C=O) groups is 2. The first-order chi connectivity index (χ1) is 9.90. The van der Waals surface area contributed by atoms with E-state index in [9.17, 15) is 9.59 Å². The van der Waals surface area contributed by atoms with E-state index in [0.717, 1.165) is 18.4 Å². The number of amides is 1. The Labute approximate surface area is 125 Å². The minimum atomic E-state index is -0.829. The van der Waals surface area contributed by atoms with Crippen molar-refractivity contribution in [2.24, 2.45) is 0 Å². The van der Waals surface area contributed by atoms with Gasteiger partial charge in [-0.05, 0) is 49.3 Å². The van der Waals surface area contributed by atoms with E-state index in [4.69, 9.17) is 4.74 Å². The van der Waals surface area contributed by atoms with Crippen LogP contribution in [0.1, 0.15) is 50.3 Å². The van der Waals surface area contributed by atoms with Gasteiger partial charge in [0.15, 0.2) is 5.60 Å². The lowest BCUT2D eigenvalue weighted by molar-refractivity contribution is -0.156. The largest absolute Gasteiger partial charge is 0.453 e. The van der Waals surface area contributed by atoms with Crippen LogP contribution >= 0.6 is 0 Å². The number of hydrogen-bond donors (Lipinski definition) is 1. The molecule has 2 rings (SSSR count). The molecule has 0 unspecified atom stereocenters. The third kappa shape index (κ3) is 3.84. The molecule has 4 nitrogen and oxygen atoms in total. The van der Waals surface area contributed by atoms with Crippen LogP contribution in [0.4, 0.5) is 0 Å². The number of hydrogen-bond acceptors (Lipinski definition) is 3. The second-order valence-corrected chi connectivity index (χ2v) is 5.92. The van der Waals surface area contributed by atoms with Gasteiger partial charge in [-0.15, -0.1) is 0 Å². The highest BCUT2D eigenvalue weighted by Gasteiger charge is 2.31. The van der Waals surface area contributed by atoms with Crippen molar-refractivity contribution in [1.29, 1.82) is 0 Å². The molecular formula is C17H23NO3. The second-order valence-electron chi connectivity index (χ2n) is 5.92.